The van der Waals surface area contributed by atoms with Crippen molar-refractivity contribution in [2.45, 2.75) is 26.3 Å². The van der Waals surface area contributed by atoms with Crippen molar-refractivity contribution in [3.8, 4) is 0 Å². The maximum atomic E-state index is 11.3. The van der Waals surface area contributed by atoms with Crippen molar-refractivity contribution in [1.29, 1.82) is 0 Å². The summed E-state index contributed by atoms with van der Waals surface area (Å²) in [7, 11) is 1.66. The molecular weight excluding hydrogens is 212 g/mol. The molecule has 1 aromatic carbocycles. The first-order chi connectivity index (χ1) is 8.13. The summed E-state index contributed by atoms with van der Waals surface area (Å²) in [5.74, 6) is 0.618. The molecule has 1 rings (SSSR count). The third-order valence-corrected chi connectivity index (χ3v) is 2.70. The Morgan fingerprint density at radius 1 is 1.24 bits per heavy atom. The Hall–Kier alpha value is -1.35. The molecule has 1 amide bonds. The van der Waals surface area contributed by atoms with Gasteiger partial charge in [0.25, 0.3) is 0 Å². The highest BCUT2D eigenvalue weighted by molar-refractivity contribution is 5.77. The van der Waals surface area contributed by atoms with Gasteiger partial charge in [-0.15, -0.1) is 0 Å². The number of carbonyl (C=O) groups is 1. The highest BCUT2D eigenvalue weighted by Gasteiger charge is 2.13. The van der Waals surface area contributed by atoms with E-state index >= 15 is 0 Å². The van der Waals surface area contributed by atoms with E-state index in [-0.39, 0.29) is 11.9 Å². The van der Waals surface area contributed by atoms with Crippen molar-refractivity contribution in [3.63, 3.8) is 0 Å². The maximum Gasteiger partial charge on any atom is 0.233 e. The predicted octanol–water partition coefficient (Wildman–Crippen LogP) is 2.11. The Balaban J connectivity index is 2.64. The SMILES string of the molecule is CNC(=O)CNC(CC(C)C)c1ccccc1. The zero-order valence-electron chi connectivity index (χ0n) is 10.9. The van der Waals surface area contributed by atoms with Crippen LogP contribution in [0.4, 0.5) is 0 Å². The van der Waals surface area contributed by atoms with Gasteiger partial charge in [0.1, 0.15) is 0 Å². The molecule has 1 aromatic rings. The van der Waals surface area contributed by atoms with E-state index in [1.54, 1.807) is 7.05 Å². The van der Waals surface area contributed by atoms with Gasteiger partial charge < -0.3 is 10.6 Å². The fourth-order valence-electron chi connectivity index (χ4n) is 1.80. The minimum atomic E-state index is 0.0229. The van der Waals surface area contributed by atoms with E-state index < -0.39 is 0 Å². The van der Waals surface area contributed by atoms with E-state index in [4.69, 9.17) is 0 Å². The lowest BCUT2D eigenvalue weighted by molar-refractivity contribution is -0.119. The first kappa shape index (κ1) is 13.7. The lowest BCUT2D eigenvalue weighted by atomic mass is 9.97. The number of likely N-dealkylation sites (N-methyl/N-ethyl adjacent to an activating group) is 1. The zero-order valence-corrected chi connectivity index (χ0v) is 10.9. The van der Waals surface area contributed by atoms with Gasteiger partial charge in [0, 0.05) is 13.1 Å². The molecule has 2 N–H and O–H groups in total. The highest BCUT2D eigenvalue weighted by Crippen LogP contribution is 2.20. The topological polar surface area (TPSA) is 41.1 Å². The van der Waals surface area contributed by atoms with Gasteiger partial charge in [-0.05, 0) is 17.9 Å². The molecule has 0 radical (unpaired) electrons. The number of carbonyl (C=O) groups excluding carboxylic acids is 1. The third kappa shape index (κ3) is 5.00. The van der Waals surface area contributed by atoms with Crippen LogP contribution in [0.25, 0.3) is 0 Å². The minimum Gasteiger partial charge on any atom is -0.358 e. The van der Waals surface area contributed by atoms with Crippen LogP contribution in [-0.4, -0.2) is 19.5 Å². The minimum absolute atomic E-state index is 0.0229. The van der Waals surface area contributed by atoms with Gasteiger partial charge in [0.05, 0.1) is 6.54 Å². The fraction of sp³-hybridized carbons (Fsp3) is 0.500. The normalized spacial score (nSPS) is 12.5. The summed E-state index contributed by atoms with van der Waals surface area (Å²) in [6.07, 6.45) is 1.03. The number of amides is 1. The summed E-state index contributed by atoms with van der Waals surface area (Å²) >= 11 is 0. The Morgan fingerprint density at radius 2 is 1.88 bits per heavy atom. The molecule has 0 fully saturated rings. The summed E-state index contributed by atoms with van der Waals surface area (Å²) in [4.78, 5) is 11.3. The Bertz CT molecular complexity index is 335. The van der Waals surface area contributed by atoms with Gasteiger partial charge in [-0.3, -0.25) is 4.79 Å². The highest BCUT2D eigenvalue weighted by atomic mass is 16.1. The number of hydrogen-bond donors (Lipinski definition) is 2. The number of rotatable bonds is 6. The van der Waals surface area contributed by atoms with E-state index in [2.05, 4.69) is 36.6 Å². The number of hydrogen-bond acceptors (Lipinski definition) is 2. The van der Waals surface area contributed by atoms with Gasteiger partial charge in [-0.25, -0.2) is 0 Å². The largest absolute Gasteiger partial charge is 0.358 e. The smallest absolute Gasteiger partial charge is 0.233 e. The van der Waals surface area contributed by atoms with Crippen molar-refractivity contribution >= 4 is 5.91 Å². The second-order valence-corrected chi connectivity index (χ2v) is 4.65. The summed E-state index contributed by atoms with van der Waals surface area (Å²) < 4.78 is 0. The van der Waals surface area contributed by atoms with Crippen molar-refractivity contribution < 1.29 is 4.79 Å². The lowest BCUT2D eigenvalue weighted by Crippen LogP contribution is -2.34. The molecule has 0 saturated carbocycles. The van der Waals surface area contributed by atoms with Crippen LogP contribution < -0.4 is 10.6 Å². The van der Waals surface area contributed by atoms with Crippen LogP contribution in [0.2, 0.25) is 0 Å². The molecule has 94 valence electrons. The van der Waals surface area contributed by atoms with E-state index in [0.717, 1.165) is 6.42 Å². The molecule has 1 atom stereocenters. The average molecular weight is 234 g/mol. The van der Waals surface area contributed by atoms with Gasteiger partial charge in [0.15, 0.2) is 0 Å². The summed E-state index contributed by atoms with van der Waals surface area (Å²) in [6, 6.07) is 10.5. The zero-order chi connectivity index (χ0) is 12.7. The first-order valence-corrected chi connectivity index (χ1v) is 6.12. The molecule has 0 bridgehead atoms. The Morgan fingerprint density at radius 3 is 2.41 bits per heavy atom. The van der Waals surface area contributed by atoms with Gasteiger partial charge in [-0.2, -0.15) is 0 Å². The molecule has 0 spiro atoms. The number of nitrogens with one attached hydrogen (secondary N) is 2. The van der Waals surface area contributed by atoms with Crippen LogP contribution >= 0.6 is 0 Å². The quantitative estimate of drug-likeness (QED) is 0.791. The molecule has 17 heavy (non-hydrogen) atoms. The Labute approximate surface area is 104 Å². The van der Waals surface area contributed by atoms with Gasteiger partial charge in [0.2, 0.25) is 5.91 Å². The van der Waals surface area contributed by atoms with E-state index in [9.17, 15) is 4.79 Å². The molecular formula is C14H22N2O. The van der Waals surface area contributed by atoms with Crippen LogP contribution in [0.1, 0.15) is 31.9 Å². The molecule has 3 heteroatoms. The van der Waals surface area contributed by atoms with E-state index in [1.807, 2.05) is 18.2 Å². The molecule has 0 aromatic heterocycles. The second kappa shape index (κ2) is 7.07. The molecule has 0 saturated heterocycles. The molecule has 0 aliphatic heterocycles. The lowest BCUT2D eigenvalue weighted by Gasteiger charge is -2.20. The van der Waals surface area contributed by atoms with Crippen molar-refractivity contribution in [1.82, 2.24) is 10.6 Å². The summed E-state index contributed by atoms with van der Waals surface area (Å²) in [5, 5.41) is 5.93. The van der Waals surface area contributed by atoms with Crippen molar-refractivity contribution in [3.05, 3.63) is 35.9 Å². The Kier molecular flexibility index (Phi) is 5.70. The molecule has 0 aliphatic carbocycles. The van der Waals surface area contributed by atoms with Crippen LogP contribution in [0.5, 0.6) is 0 Å². The second-order valence-electron chi connectivity index (χ2n) is 4.65. The van der Waals surface area contributed by atoms with E-state index in [1.165, 1.54) is 5.56 Å². The molecule has 3 nitrogen and oxygen atoms in total. The first-order valence-electron chi connectivity index (χ1n) is 6.12. The van der Waals surface area contributed by atoms with Crippen LogP contribution in [0.3, 0.4) is 0 Å². The monoisotopic (exact) mass is 234 g/mol. The molecule has 1 unspecified atom stereocenters. The molecule has 0 aliphatic rings. The molecule has 0 heterocycles. The summed E-state index contributed by atoms with van der Waals surface area (Å²) in [6.45, 7) is 4.75. The van der Waals surface area contributed by atoms with Crippen molar-refractivity contribution in [2.24, 2.45) is 5.92 Å². The van der Waals surface area contributed by atoms with Crippen LogP contribution in [0.15, 0.2) is 30.3 Å². The maximum absolute atomic E-state index is 11.3. The predicted molar refractivity (Wildman–Crippen MR) is 70.7 cm³/mol. The number of benzene rings is 1. The third-order valence-electron chi connectivity index (χ3n) is 2.70. The summed E-state index contributed by atoms with van der Waals surface area (Å²) in [5.41, 5.74) is 1.24. The average Bonchev–Trinajstić information content (AvgIpc) is 2.34. The van der Waals surface area contributed by atoms with Crippen LogP contribution in [0, 0.1) is 5.92 Å². The van der Waals surface area contributed by atoms with Crippen molar-refractivity contribution in [2.75, 3.05) is 13.6 Å². The standard InChI is InChI=1S/C14H22N2O/c1-11(2)9-13(16-10-14(17)15-3)12-7-5-4-6-8-12/h4-8,11,13,16H,9-10H2,1-3H3,(H,15,17). The van der Waals surface area contributed by atoms with Gasteiger partial charge >= 0.3 is 0 Å². The van der Waals surface area contributed by atoms with Gasteiger partial charge in [-0.1, -0.05) is 44.2 Å². The van der Waals surface area contributed by atoms with E-state index in [0.29, 0.717) is 12.5 Å². The fourth-order valence-corrected chi connectivity index (χ4v) is 1.80. The van der Waals surface area contributed by atoms with Crippen LogP contribution in [-0.2, 0) is 4.79 Å².